The summed E-state index contributed by atoms with van der Waals surface area (Å²) in [6.07, 6.45) is 1.64. The number of carbonyl (C=O) groups is 2. The number of amides is 2. The molecule has 144 valence electrons. The van der Waals surface area contributed by atoms with Crippen molar-refractivity contribution in [2.45, 2.75) is 33.1 Å². The molecule has 1 aromatic carbocycles. The maximum atomic E-state index is 13.7. The van der Waals surface area contributed by atoms with Crippen LogP contribution >= 0.6 is 11.3 Å². The number of benzene rings is 1. The molecule has 1 saturated heterocycles. The molecular weight excluding hydrogens is 365 g/mol. The van der Waals surface area contributed by atoms with Crippen molar-refractivity contribution in [3.63, 3.8) is 0 Å². The lowest BCUT2D eigenvalue weighted by atomic mass is 9.98. The van der Waals surface area contributed by atoms with Gasteiger partial charge in [0, 0.05) is 37.2 Å². The van der Waals surface area contributed by atoms with E-state index in [4.69, 9.17) is 0 Å². The first-order valence-corrected chi connectivity index (χ1v) is 9.79. The highest BCUT2D eigenvalue weighted by atomic mass is 32.1. The van der Waals surface area contributed by atoms with E-state index in [1.54, 1.807) is 35.1 Å². The smallest absolute Gasteiger partial charge is 0.265 e. The average Bonchev–Trinajstić information content (AvgIpc) is 3.13. The van der Waals surface area contributed by atoms with Gasteiger partial charge >= 0.3 is 0 Å². The Hall–Kier alpha value is -2.28. The third-order valence-corrected chi connectivity index (χ3v) is 6.04. The number of hydrogen-bond acceptors (Lipinski definition) is 4. The summed E-state index contributed by atoms with van der Waals surface area (Å²) in [4.78, 5) is 33.7. The molecule has 0 atom stereocenters. The van der Waals surface area contributed by atoms with E-state index in [1.807, 2.05) is 0 Å². The minimum atomic E-state index is -0.380. The molecule has 0 N–H and O–H groups in total. The van der Waals surface area contributed by atoms with Crippen molar-refractivity contribution in [1.82, 2.24) is 14.8 Å². The fourth-order valence-electron chi connectivity index (χ4n) is 2.90. The largest absolute Gasteiger partial charge is 0.335 e. The fraction of sp³-hybridized carbons (Fsp3) is 0.450. The highest BCUT2D eigenvalue weighted by Gasteiger charge is 2.28. The molecule has 0 aliphatic carbocycles. The van der Waals surface area contributed by atoms with Crippen LogP contribution < -0.4 is 0 Å². The Morgan fingerprint density at radius 1 is 1.07 bits per heavy atom. The summed E-state index contributed by atoms with van der Waals surface area (Å²) in [5, 5.41) is 0.932. The molecule has 0 bridgehead atoms. The summed E-state index contributed by atoms with van der Waals surface area (Å²) in [6, 6.07) is 4.53. The van der Waals surface area contributed by atoms with Crippen molar-refractivity contribution < 1.29 is 14.0 Å². The van der Waals surface area contributed by atoms with Gasteiger partial charge in [0.15, 0.2) is 0 Å². The quantitative estimate of drug-likeness (QED) is 0.790. The van der Waals surface area contributed by atoms with Gasteiger partial charge in [-0.15, -0.1) is 11.3 Å². The molecule has 2 amide bonds. The van der Waals surface area contributed by atoms with E-state index in [-0.39, 0.29) is 23.0 Å². The molecule has 1 fully saturated rings. The first kappa shape index (κ1) is 19.5. The lowest BCUT2D eigenvalue weighted by molar-refractivity contribution is 0.0537. The summed E-state index contributed by atoms with van der Waals surface area (Å²) in [6.45, 7) is 9.66. The van der Waals surface area contributed by atoms with Crippen LogP contribution in [-0.4, -0.2) is 52.8 Å². The van der Waals surface area contributed by atoms with E-state index in [2.05, 4.69) is 25.8 Å². The number of hydrogen-bond donors (Lipinski definition) is 0. The number of thiazole rings is 1. The lowest BCUT2D eigenvalue weighted by Gasteiger charge is -2.34. The van der Waals surface area contributed by atoms with Gasteiger partial charge < -0.3 is 9.80 Å². The van der Waals surface area contributed by atoms with Gasteiger partial charge in [0.05, 0.1) is 11.2 Å². The molecule has 1 aliphatic rings. The van der Waals surface area contributed by atoms with E-state index in [0.717, 1.165) is 5.01 Å². The van der Waals surface area contributed by atoms with Crippen molar-refractivity contribution in [3.8, 4) is 0 Å². The third kappa shape index (κ3) is 4.18. The second-order valence-electron chi connectivity index (χ2n) is 7.83. The van der Waals surface area contributed by atoms with Crippen molar-refractivity contribution >= 4 is 23.2 Å². The maximum Gasteiger partial charge on any atom is 0.265 e. The van der Waals surface area contributed by atoms with E-state index in [0.29, 0.717) is 42.2 Å². The number of aromatic nitrogens is 1. The number of carbonyl (C=O) groups excluding carboxylic acids is 2. The van der Waals surface area contributed by atoms with Gasteiger partial charge in [0.2, 0.25) is 0 Å². The summed E-state index contributed by atoms with van der Waals surface area (Å²) in [5.74, 6) is -0.625. The molecule has 7 heteroatoms. The minimum Gasteiger partial charge on any atom is -0.335 e. The van der Waals surface area contributed by atoms with Crippen molar-refractivity contribution in [2.75, 3.05) is 26.2 Å². The summed E-state index contributed by atoms with van der Waals surface area (Å²) in [5.41, 5.74) is 0.772. The van der Waals surface area contributed by atoms with Crippen LogP contribution in [0.15, 0.2) is 24.4 Å². The van der Waals surface area contributed by atoms with Gasteiger partial charge in [-0.3, -0.25) is 9.59 Å². The van der Waals surface area contributed by atoms with E-state index in [9.17, 15) is 14.0 Å². The maximum absolute atomic E-state index is 13.7. The molecule has 0 unspecified atom stereocenters. The standard InChI is InChI=1S/C20H24FN3O2S/c1-13-5-6-14(11-15(13)21)17(25)23-7-9-24(10-8-23)18(26)16-12-22-19(27-16)20(2,3)4/h5-6,11-12H,7-10H2,1-4H3. The second-order valence-corrected chi connectivity index (χ2v) is 8.86. The van der Waals surface area contributed by atoms with Gasteiger partial charge in [-0.25, -0.2) is 9.37 Å². The normalized spacial score (nSPS) is 15.1. The Kier molecular flexibility index (Phi) is 5.33. The molecule has 0 spiro atoms. The zero-order valence-electron chi connectivity index (χ0n) is 16.1. The molecular formula is C20H24FN3O2S. The molecule has 5 nitrogen and oxygen atoms in total. The van der Waals surface area contributed by atoms with Crippen LogP contribution in [0.1, 0.15) is 51.4 Å². The van der Waals surface area contributed by atoms with Gasteiger partial charge in [-0.2, -0.15) is 0 Å². The number of rotatable bonds is 2. The number of piperazine rings is 1. The van der Waals surface area contributed by atoms with Crippen LogP contribution in [-0.2, 0) is 5.41 Å². The van der Waals surface area contributed by atoms with Gasteiger partial charge in [0.1, 0.15) is 10.7 Å². The summed E-state index contributed by atoms with van der Waals surface area (Å²) in [7, 11) is 0. The van der Waals surface area contributed by atoms with Crippen LogP contribution in [0.3, 0.4) is 0 Å². The zero-order chi connectivity index (χ0) is 19.8. The lowest BCUT2D eigenvalue weighted by Crippen LogP contribution is -2.50. The van der Waals surface area contributed by atoms with Crippen LogP contribution in [0, 0.1) is 12.7 Å². The molecule has 1 aliphatic heterocycles. The Balaban J connectivity index is 1.62. The van der Waals surface area contributed by atoms with Crippen LogP contribution in [0.25, 0.3) is 0 Å². The van der Waals surface area contributed by atoms with E-state index >= 15 is 0 Å². The molecule has 0 radical (unpaired) electrons. The highest BCUT2D eigenvalue weighted by Crippen LogP contribution is 2.27. The van der Waals surface area contributed by atoms with Crippen LogP contribution in [0.5, 0.6) is 0 Å². The van der Waals surface area contributed by atoms with Gasteiger partial charge in [0.25, 0.3) is 11.8 Å². The SMILES string of the molecule is Cc1ccc(C(=O)N2CCN(C(=O)c3cnc(C(C)(C)C)s3)CC2)cc1F. The third-order valence-electron chi connectivity index (χ3n) is 4.63. The predicted octanol–water partition coefficient (Wildman–Crippen LogP) is 3.49. The van der Waals surface area contributed by atoms with Crippen molar-refractivity contribution in [1.29, 1.82) is 0 Å². The molecule has 1 aromatic heterocycles. The monoisotopic (exact) mass is 389 g/mol. The Bertz CT molecular complexity index is 864. The first-order valence-electron chi connectivity index (χ1n) is 8.98. The minimum absolute atomic E-state index is 0.0449. The Morgan fingerprint density at radius 2 is 1.67 bits per heavy atom. The number of halogens is 1. The fourth-order valence-corrected chi connectivity index (χ4v) is 3.84. The van der Waals surface area contributed by atoms with Crippen molar-refractivity contribution in [3.05, 3.63) is 51.2 Å². The summed E-state index contributed by atoms with van der Waals surface area (Å²) >= 11 is 1.42. The molecule has 3 rings (SSSR count). The van der Waals surface area contributed by atoms with Gasteiger partial charge in [-0.1, -0.05) is 26.8 Å². The van der Waals surface area contributed by atoms with Crippen molar-refractivity contribution in [2.24, 2.45) is 0 Å². The van der Waals surface area contributed by atoms with E-state index < -0.39 is 0 Å². The molecule has 2 aromatic rings. The summed E-state index contributed by atoms with van der Waals surface area (Å²) < 4.78 is 13.7. The second kappa shape index (κ2) is 7.38. The molecule has 27 heavy (non-hydrogen) atoms. The zero-order valence-corrected chi connectivity index (χ0v) is 16.9. The van der Waals surface area contributed by atoms with Crippen LogP contribution in [0.4, 0.5) is 4.39 Å². The Labute approximate surface area is 162 Å². The topological polar surface area (TPSA) is 53.5 Å². The number of aryl methyl sites for hydroxylation is 1. The average molecular weight is 389 g/mol. The highest BCUT2D eigenvalue weighted by molar-refractivity contribution is 7.13. The first-order chi connectivity index (χ1) is 12.7. The number of nitrogens with zero attached hydrogens (tertiary/aromatic N) is 3. The van der Waals surface area contributed by atoms with E-state index in [1.165, 1.54) is 17.4 Å². The molecule has 2 heterocycles. The van der Waals surface area contributed by atoms with Crippen LogP contribution in [0.2, 0.25) is 0 Å². The predicted molar refractivity (Wildman–Crippen MR) is 104 cm³/mol. The Morgan fingerprint density at radius 3 is 2.19 bits per heavy atom. The van der Waals surface area contributed by atoms with Gasteiger partial charge in [-0.05, 0) is 24.6 Å². The molecule has 0 saturated carbocycles.